The summed E-state index contributed by atoms with van der Waals surface area (Å²) in [5.41, 5.74) is 0.908. The van der Waals surface area contributed by atoms with Crippen molar-refractivity contribution in [1.29, 1.82) is 0 Å². The zero-order chi connectivity index (χ0) is 18.1. The molecule has 0 radical (unpaired) electrons. The van der Waals surface area contributed by atoms with Gasteiger partial charge in [-0.3, -0.25) is 9.48 Å². The third kappa shape index (κ3) is 3.44. The summed E-state index contributed by atoms with van der Waals surface area (Å²) in [4.78, 5) is 30.7. The number of carbonyl (C=O) groups excluding carboxylic acids is 1. The molecule has 2 aromatic heterocycles. The van der Waals surface area contributed by atoms with Gasteiger partial charge in [0.15, 0.2) is 0 Å². The second-order valence-corrected chi connectivity index (χ2v) is 7.70. The number of amides is 1. The van der Waals surface area contributed by atoms with E-state index in [1.807, 2.05) is 4.90 Å². The molecule has 1 aliphatic rings. The lowest BCUT2D eigenvalue weighted by Crippen LogP contribution is -2.39. The Balaban J connectivity index is 1.65. The predicted molar refractivity (Wildman–Crippen MR) is 94.3 cm³/mol. The second-order valence-electron chi connectivity index (χ2n) is 6.63. The molecule has 0 aromatic carbocycles. The second kappa shape index (κ2) is 6.95. The van der Waals surface area contributed by atoms with E-state index in [0.29, 0.717) is 29.6 Å². The van der Waals surface area contributed by atoms with E-state index < -0.39 is 5.97 Å². The lowest BCUT2D eigenvalue weighted by atomic mass is 10.0. The Bertz CT molecular complexity index is 788. The van der Waals surface area contributed by atoms with Gasteiger partial charge in [-0.2, -0.15) is 5.10 Å². The Kier molecular flexibility index (Phi) is 4.89. The van der Waals surface area contributed by atoms with Crippen LogP contribution in [0.1, 0.15) is 69.4 Å². The van der Waals surface area contributed by atoms with Gasteiger partial charge in [-0.15, -0.1) is 11.3 Å². The Hall–Kier alpha value is -2.22. The van der Waals surface area contributed by atoms with Crippen LogP contribution in [0.4, 0.5) is 0 Å². The zero-order valence-electron chi connectivity index (χ0n) is 14.6. The van der Waals surface area contributed by atoms with E-state index in [4.69, 9.17) is 5.11 Å². The molecule has 0 atom stereocenters. The van der Waals surface area contributed by atoms with Gasteiger partial charge in [0.1, 0.15) is 10.4 Å². The minimum atomic E-state index is -0.956. The summed E-state index contributed by atoms with van der Waals surface area (Å²) in [6, 6.07) is 0.129. The fourth-order valence-electron chi connectivity index (χ4n) is 3.12. The highest BCUT2D eigenvalue weighted by atomic mass is 32.1. The number of hydrogen-bond donors (Lipinski definition) is 1. The first-order valence-electron chi connectivity index (χ1n) is 8.41. The molecule has 25 heavy (non-hydrogen) atoms. The maximum absolute atomic E-state index is 12.6. The number of carboxylic acid groups (broad SMARTS) is 1. The normalized spacial score (nSPS) is 15.8. The van der Waals surface area contributed by atoms with Crippen LogP contribution in [0.5, 0.6) is 0 Å². The van der Waals surface area contributed by atoms with Crippen LogP contribution >= 0.6 is 11.3 Å². The van der Waals surface area contributed by atoms with Crippen LogP contribution in [0.3, 0.4) is 0 Å². The Morgan fingerprint density at radius 1 is 1.28 bits per heavy atom. The van der Waals surface area contributed by atoms with Gasteiger partial charge in [0.05, 0.1) is 29.1 Å². The molecule has 7 nitrogen and oxygen atoms in total. The zero-order valence-corrected chi connectivity index (χ0v) is 15.4. The summed E-state index contributed by atoms with van der Waals surface area (Å²) in [7, 11) is 0. The highest BCUT2D eigenvalue weighted by Crippen LogP contribution is 2.27. The molecule has 2 aromatic rings. The first-order chi connectivity index (χ1) is 11.9. The minimum absolute atomic E-state index is 0.0336. The summed E-state index contributed by atoms with van der Waals surface area (Å²) in [6.07, 6.45) is 4.61. The summed E-state index contributed by atoms with van der Waals surface area (Å²) < 4.78 is 1.79. The number of thiazole rings is 1. The molecular weight excluding hydrogens is 340 g/mol. The van der Waals surface area contributed by atoms with Crippen molar-refractivity contribution in [3.63, 3.8) is 0 Å². The van der Waals surface area contributed by atoms with Crippen LogP contribution in [-0.4, -0.2) is 49.7 Å². The maximum atomic E-state index is 12.6. The molecule has 1 N–H and O–H groups in total. The number of carboxylic acids is 1. The molecule has 1 aliphatic heterocycles. The van der Waals surface area contributed by atoms with Crippen LogP contribution in [0.2, 0.25) is 0 Å². The van der Waals surface area contributed by atoms with E-state index in [-0.39, 0.29) is 17.5 Å². The van der Waals surface area contributed by atoms with Gasteiger partial charge in [0.2, 0.25) is 0 Å². The number of likely N-dealkylation sites (tertiary alicyclic amines) is 1. The van der Waals surface area contributed by atoms with E-state index >= 15 is 0 Å². The minimum Gasteiger partial charge on any atom is -0.478 e. The first kappa shape index (κ1) is 17.6. The van der Waals surface area contributed by atoms with E-state index in [9.17, 15) is 9.59 Å². The van der Waals surface area contributed by atoms with Gasteiger partial charge in [-0.1, -0.05) is 13.8 Å². The monoisotopic (exact) mass is 362 g/mol. The molecule has 134 valence electrons. The molecule has 0 aliphatic carbocycles. The van der Waals surface area contributed by atoms with E-state index in [0.717, 1.165) is 17.8 Å². The smallest absolute Gasteiger partial charge is 0.339 e. The molecule has 3 rings (SSSR count). The Morgan fingerprint density at radius 2 is 1.96 bits per heavy atom. The highest BCUT2D eigenvalue weighted by Gasteiger charge is 2.28. The van der Waals surface area contributed by atoms with Crippen LogP contribution < -0.4 is 0 Å². The molecule has 1 fully saturated rings. The predicted octanol–water partition coefficient (Wildman–Crippen LogP) is 2.95. The number of carbonyl (C=O) groups is 2. The third-order valence-electron chi connectivity index (χ3n) is 4.60. The van der Waals surface area contributed by atoms with Crippen molar-refractivity contribution in [3.8, 4) is 0 Å². The number of nitrogens with zero attached hydrogens (tertiary/aromatic N) is 4. The van der Waals surface area contributed by atoms with E-state index in [1.54, 1.807) is 17.8 Å². The molecule has 8 heteroatoms. The lowest BCUT2D eigenvalue weighted by Gasteiger charge is -2.32. The summed E-state index contributed by atoms with van der Waals surface area (Å²) in [5.74, 6) is -0.600. The summed E-state index contributed by atoms with van der Waals surface area (Å²) in [5, 5.41) is 14.4. The van der Waals surface area contributed by atoms with Crippen LogP contribution in [-0.2, 0) is 0 Å². The number of rotatable bonds is 4. The van der Waals surface area contributed by atoms with Gasteiger partial charge in [0, 0.05) is 19.0 Å². The van der Waals surface area contributed by atoms with Crippen molar-refractivity contribution in [2.45, 2.75) is 45.6 Å². The highest BCUT2D eigenvalue weighted by molar-refractivity contribution is 7.13. The molecule has 1 saturated heterocycles. The first-order valence-corrected chi connectivity index (χ1v) is 9.22. The standard InChI is InChI=1S/C17H22N4O3S/c1-10(2)15-18-9-14(25-15)16(22)20-6-4-12(5-7-20)21-11(3)13(8-19-21)17(23)24/h8-10,12H,4-7H2,1-3H3,(H,23,24). The van der Waals surface area contributed by atoms with Crippen molar-refractivity contribution in [1.82, 2.24) is 19.7 Å². The van der Waals surface area contributed by atoms with Crippen molar-refractivity contribution < 1.29 is 14.7 Å². The number of hydrogen-bond acceptors (Lipinski definition) is 5. The van der Waals surface area contributed by atoms with Crippen molar-refractivity contribution in [2.75, 3.05) is 13.1 Å². The van der Waals surface area contributed by atoms with Gasteiger partial charge < -0.3 is 10.0 Å². The molecule has 3 heterocycles. The van der Waals surface area contributed by atoms with Crippen LogP contribution in [0.25, 0.3) is 0 Å². The fourth-order valence-corrected chi connectivity index (χ4v) is 4.01. The van der Waals surface area contributed by atoms with Gasteiger partial charge in [0.25, 0.3) is 5.91 Å². The molecule has 0 saturated carbocycles. The average molecular weight is 362 g/mol. The molecule has 0 bridgehead atoms. The van der Waals surface area contributed by atoms with Gasteiger partial charge >= 0.3 is 5.97 Å². The van der Waals surface area contributed by atoms with Crippen LogP contribution in [0.15, 0.2) is 12.4 Å². The molecule has 0 spiro atoms. The van der Waals surface area contributed by atoms with E-state index in [2.05, 4.69) is 23.9 Å². The van der Waals surface area contributed by atoms with E-state index in [1.165, 1.54) is 17.5 Å². The number of aromatic nitrogens is 3. The van der Waals surface area contributed by atoms with Gasteiger partial charge in [-0.25, -0.2) is 9.78 Å². The molecule has 0 unspecified atom stereocenters. The quantitative estimate of drug-likeness (QED) is 0.903. The van der Waals surface area contributed by atoms with Crippen molar-refractivity contribution in [3.05, 3.63) is 33.5 Å². The topological polar surface area (TPSA) is 88.3 Å². The largest absolute Gasteiger partial charge is 0.478 e. The van der Waals surface area contributed by atoms with Crippen LogP contribution in [0, 0.1) is 6.92 Å². The molecular formula is C17H22N4O3S. The summed E-state index contributed by atoms with van der Waals surface area (Å²) >= 11 is 1.46. The third-order valence-corrected chi connectivity index (χ3v) is 5.89. The Labute approximate surface area is 150 Å². The Morgan fingerprint density at radius 3 is 2.48 bits per heavy atom. The average Bonchev–Trinajstić information content (AvgIpc) is 3.21. The number of piperidine rings is 1. The fraction of sp³-hybridized carbons (Fsp3) is 0.529. The van der Waals surface area contributed by atoms with Gasteiger partial charge in [-0.05, 0) is 19.8 Å². The SMILES string of the molecule is Cc1c(C(=O)O)cnn1C1CCN(C(=O)c2cnc(C(C)C)s2)CC1. The maximum Gasteiger partial charge on any atom is 0.339 e. The molecule has 1 amide bonds. The lowest BCUT2D eigenvalue weighted by molar-refractivity contribution is 0.0691. The number of aromatic carboxylic acids is 1. The van der Waals surface area contributed by atoms with Crippen molar-refractivity contribution >= 4 is 23.2 Å². The van der Waals surface area contributed by atoms with Crippen molar-refractivity contribution in [2.24, 2.45) is 0 Å². The summed E-state index contributed by atoms with van der Waals surface area (Å²) in [6.45, 7) is 7.19.